The molecule has 2 amide bonds. The normalized spacial score (nSPS) is 12.4. The fourth-order valence-corrected chi connectivity index (χ4v) is 3.42. The van der Waals surface area contributed by atoms with Gasteiger partial charge in [-0.05, 0) is 54.8 Å². The van der Waals surface area contributed by atoms with Gasteiger partial charge in [-0.1, -0.05) is 72.6 Å². The number of nitrogens with one attached hydrogen (secondary N) is 2. The Balaban J connectivity index is 1.52. The number of amides is 2. The Morgan fingerprint density at radius 1 is 0.848 bits per heavy atom. The lowest BCUT2D eigenvalue weighted by atomic mass is 10.1. The number of hydrazine groups is 1. The van der Waals surface area contributed by atoms with Crippen LogP contribution in [0.2, 0.25) is 10.0 Å². The Bertz CT molecular complexity index is 1090. The Kier molecular flexibility index (Phi) is 8.58. The zero-order valence-electron chi connectivity index (χ0n) is 18.2. The second-order valence-corrected chi connectivity index (χ2v) is 8.06. The van der Waals surface area contributed by atoms with Gasteiger partial charge in [-0.2, -0.15) is 0 Å². The van der Waals surface area contributed by atoms with E-state index in [4.69, 9.17) is 32.7 Å². The summed E-state index contributed by atoms with van der Waals surface area (Å²) in [6.45, 7) is 3.35. The lowest BCUT2D eigenvalue weighted by Crippen LogP contribution is -2.51. The summed E-state index contributed by atoms with van der Waals surface area (Å²) in [4.78, 5) is 24.8. The van der Waals surface area contributed by atoms with Crippen LogP contribution in [0.15, 0.2) is 72.8 Å². The predicted molar refractivity (Wildman–Crippen MR) is 129 cm³/mol. The molecule has 33 heavy (non-hydrogen) atoms. The van der Waals surface area contributed by atoms with Gasteiger partial charge < -0.3 is 9.47 Å². The van der Waals surface area contributed by atoms with E-state index in [1.54, 1.807) is 12.1 Å². The standard InChI is InChI=1S/C25H24Cl2N2O4/c1-3-22(33-20-12-9-18(10-13-20)17-7-5-4-6-8-17)25(31)29-28-24(30)16(2)32-23-14-11-19(26)15-21(23)27/h4-16,22H,3H2,1-2H3,(H,28,30)(H,29,31). The van der Waals surface area contributed by atoms with E-state index in [0.29, 0.717) is 22.9 Å². The lowest BCUT2D eigenvalue weighted by Gasteiger charge is -2.19. The van der Waals surface area contributed by atoms with Gasteiger partial charge >= 0.3 is 0 Å². The largest absolute Gasteiger partial charge is 0.481 e. The molecule has 0 radical (unpaired) electrons. The zero-order chi connectivity index (χ0) is 23.8. The van der Waals surface area contributed by atoms with E-state index in [-0.39, 0.29) is 5.02 Å². The highest BCUT2D eigenvalue weighted by Gasteiger charge is 2.21. The fraction of sp³-hybridized carbons (Fsp3) is 0.200. The van der Waals surface area contributed by atoms with E-state index < -0.39 is 24.0 Å². The van der Waals surface area contributed by atoms with Gasteiger partial charge in [0.2, 0.25) is 0 Å². The van der Waals surface area contributed by atoms with Crippen molar-refractivity contribution in [3.8, 4) is 22.6 Å². The number of rotatable bonds is 8. The summed E-state index contributed by atoms with van der Waals surface area (Å²) < 4.78 is 11.3. The quantitative estimate of drug-likeness (QED) is 0.416. The van der Waals surface area contributed by atoms with Crippen molar-refractivity contribution in [2.75, 3.05) is 0 Å². The van der Waals surface area contributed by atoms with Crippen molar-refractivity contribution in [3.63, 3.8) is 0 Å². The van der Waals surface area contributed by atoms with Crippen molar-refractivity contribution in [3.05, 3.63) is 82.8 Å². The van der Waals surface area contributed by atoms with Crippen LogP contribution in [-0.4, -0.2) is 24.0 Å². The number of benzene rings is 3. The first-order chi connectivity index (χ1) is 15.9. The molecule has 2 unspecified atom stereocenters. The van der Waals surface area contributed by atoms with Crippen molar-refractivity contribution in [2.45, 2.75) is 32.5 Å². The lowest BCUT2D eigenvalue weighted by molar-refractivity contribution is -0.135. The maximum absolute atomic E-state index is 12.5. The first kappa shape index (κ1) is 24.4. The molecule has 0 spiro atoms. The topological polar surface area (TPSA) is 76.7 Å². The number of hydrogen-bond acceptors (Lipinski definition) is 4. The summed E-state index contributed by atoms with van der Waals surface area (Å²) in [7, 11) is 0. The molecule has 0 aliphatic carbocycles. The number of halogens is 2. The highest BCUT2D eigenvalue weighted by Crippen LogP contribution is 2.28. The molecule has 8 heteroatoms. The van der Waals surface area contributed by atoms with Crippen molar-refractivity contribution < 1.29 is 19.1 Å². The molecular weight excluding hydrogens is 463 g/mol. The first-order valence-corrected chi connectivity index (χ1v) is 11.2. The summed E-state index contributed by atoms with van der Waals surface area (Å²) in [5.74, 6) is -0.160. The molecular formula is C25H24Cl2N2O4. The number of carbonyl (C=O) groups excluding carboxylic acids is 2. The van der Waals surface area contributed by atoms with Crippen LogP contribution >= 0.6 is 23.2 Å². The van der Waals surface area contributed by atoms with Crippen LogP contribution in [-0.2, 0) is 9.59 Å². The minimum absolute atomic E-state index is 0.281. The molecule has 0 fully saturated rings. The smallest absolute Gasteiger partial charge is 0.279 e. The second-order valence-electron chi connectivity index (χ2n) is 7.22. The molecule has 2 N–H and O–H groups in total. The predicted octanol–water partition coefficient (Wildman–Crippen LogP) is 5.43. The van der Waals surface area contributed by atoms with E-state index in [9.17, 15) is 9.59 Å². The molecule has 0 bridgehead atoms. The summed E-state index contributed by atoms with van der Waals surface area (Å²) in [5.41, 5.74) is 6.87. The summed E-state index contributed by atoms with van der Waals surface area (Å²) in [5, 5.41) is 0.737. The highest BCUT2D eigenvalue weighted by molar-refractivity contribution is 6.35. The Labute approximate surface area is 202 Å². The van der Waals surface area contributed by atoms with Crippen molar-refractivity contribution in [1.82, 2.24) is 10.9 Å². The highest BCUT2D eigenvalue weighted by atomic mass is 35.5. The summed E-state index contributed by atoms with van der Waals surface area (Å²) in [6.07, 6.45) is -1.28. The van der Waals surface area contributed by atoms with Gasteiger partial charge in [-0.25, -0.2) is 0 Å². The van der Waals surface area contributed by atoms with Crippen molar-refractivity contribution in [2.24, 2.45) is 0 Å². The molecule has 0 saturated carbocycles. The Hall–Kier alpha value is -3.22. The van der Waals surface area contributed by atoms with Crippen LogP contribution in [0.5, 0.6) is 11.5 Å². The van der Waals surface area contributed by atoms with Gasteiger partial charge in [0.25, 0.3) is 11.8 Å². The van der Waals surface area contributed by atoms with Crippen LogP contribution in [0, 0.1) is 0 Å². The van der Waals surface area contributed by atoms with E-state index in [2.05, 4.69) is 10.9 Å². The van der Waals surface area contributed by atoms with E-state index in [1.807, 2.05) is 61.5 Å². The molecule has 2 atom stereocenters. The average Bonchev–Trinajstić information content (AvgIpc) is 2.83. The van der Waals surface area contributed by atoms with E-state index >= 15 is 0 Å². The van der Waals surface area contributed by atoms with Gasteiger partial charge in [0.15, 0.2) is 12.2 Å². The molecule has 6 nitrogen and oxygen atoms in total. The first-order valence-electron chi connectivity index (χ1n) is 10.4. The number of hydrogen-bond donors (Lipinski definition) is 2. The third-order valence-corrected chi connectivity index (χ3v) is 5.31. The van der Waals surface area contributed by atoms with Gasteiger partial charge in [0.05, 0.1) is 5.02 Å². The van der Waals surface area contributed by atoms with Crippen LogP contribution in [0.25, 0.3) is 11.1 Å². The maximum atomic E-state index is 12.5. The van der Waals surface area contributed by atoms with Gasteiger partial charge in [-0.3, -0.25) is 20.4 Å². The molecule has 3 aromatic rings. The van der Waals surface area contributed by atoms with Crippen LogP contribution in [0.1, 0.15) is 20.3 Å². The number of carbonyl (C=O) groups is 2. The average molecular weight is 487 g/mol. The van der Waals surface area contributed by atoms with Crippen LogP contribution in [0.4, 0.5) is 0 Å². The molecule has 3 aromatic carbocycles. The van der Waals surface area contributed by atoms with Gasteiger partial charge in [-0.15, -0.1) is 0 Å². The Morgan fingerprint density at radius 3 is 2.12 bits per heavy atom. The maximum Gasteiger partial charge on any atom is 0.279 e. The van der Waals surface area contributed by atoms with E-state index in [1.165, 1.54) is 13.0 Å². The van der Waals surface area contributed by atoms with Crippen molar-refractivity contribution in [1.29, 1.82) is 0 Å². The Morgan fingerprint density at radius 2 is 1.48 bits per heavy atom. The molecule has 0 heterocycles. The summed E-state index contributed by atoms with van der Waals surface area (Å²) in [6, 6.07) is 22.1. The molecule has 3 rings (SSSR count). The monoisotopic (exact) mass is 486 g/mol. The fourth-order valence-electron chi connectivity index (χ4n) is 2.96. The third-order valence-electron chi connectivity index (χ3n) is 4.78. The third kappa shape index (κ3) is 6.88. The summed E-state index contributed by atoms with van der Waals surface area (Å²) >= 11 is 11.9. The van der Waals surface area contributed by atoms with Crippen molar-refractivity contribution >= 4 is 35.0 Å². The van der Waals surface area contributed by atoms with Crippen LogP contribution < -0.4 is 20.3 Å². The van der Waals surface area contributed by atoms with Crippen LogP contribution in [0.3, 0.4) is 0 Å². The van der Waals surface area contributed by atoms with Gasteiger partial charge in [0.1, 0.15) is 11.5 Å². The molecule has 172 valence electrons. The van der Waals surface area contributed by atoms with Gasteiger partial charge in [0, 0.05) is 5.02 Å². The zero-order valence-corrected chi connectivity index (χ0v) is 19.7. The second kappa shape index (κ2) is 11.6. The van der Waals surface area contributed by atoms with E-state index in [0.717, 1.165) is 11.1 Å². The molecule has 0 aliphatic rings. The molecule has 0 aromatic heterocycles. The minimum atomic E-state index is -0.907. The molecule has 0 aliphatic heterocycles. The number of ether oxygens (including phenoxy) is 2. The minimum Gasteiger partial charge on any atom is -0.481 e. The SMILES string of the molecule is CCC(Oc1ccc(-c2ccccc2)cc1)C(=O)NNC(=O)C(C)Oc1ccc(Cl)cc1Cl. The molecule has 0 saturated heterocycles.